The van der Waals surface area contributed by atoms with Crippen molar-refractivity contribution in [2.45, 2.75) is 24.9 Å². The van der Waals surface area contributed by atoms with Gasteiger partial charge in [0.1, 0.15) is 0 Å². The Morgan fingerprint density at radius 3 is 2.57 bits per heavy atom. The van der Waals surface area contributed by atoms with Gasteiger partial charge in [-0.1, -0.05) is 60.2 Å². The van der Waals surface area contributed by atoms with Crippen LogP contribution in [0.15, 0.2) is 54.6 Å². The molecular weight excluding hydrogens is 352 g/mol. The van der Waals surface area contributed by atoms with Crippen molar-refractivity contribution in [2.24, 2.45) is 0 Å². The predicted octanol–water partition coefficient (Wildman–Crippen LogP) is 2.39. The zero-order chi connectivity index (χ0) is 19.7. The molecular formula is C23H26N2O3. The van der Waals surface area contributed by atoms with E-state index >= 15 is 0 Å². The molecule has 0 aliphatic carbocycles. The number of likely N-dealkylation sites (tertiary alicyclic amines) is 1. The second kappa shape index (κ2) is 7.40. The monoisotopic (exact) mass is 378 g/mol. The van der Waals surface area contributed by atoms with Gasteiger partial charge in [0.05, 0.1) is 19.6 Å². The Morgan fingerprint density at radius 2 is 1.86 bits per heavy atom. The van der Waals surface area contributed by atoms with E-state index in [1.165, 1.54) is 5.56 Å². The number of carbonyl (C=O) groups excluding carboxylic acids is 2. The minimum absolute atomic E-state index is 0.0332. The highest BCUT2D eigenvalue weighted by molar-refractivity contribution is 5.90. The summed E-state index contributed by atoms with van der Waals surface area (Å²) in [5.41, 5.74) is 2.25. The Bertz CT molecular complexity index is 865. The first kappa shape index (κ1) is 18.7. The molecule has 1 spiro atoms. The molecule has 2 aliphatic heterocycles. The van der Waals surface area contributed by atoms with Gasteiger partial charge in [-0.25, -0.2) is 0 Å². The fourth-order valence-corrected chi connectivity index (χ4v) is 4.33. The van der Waals surface area contributed by atoms with Gasteiger partial charge >= 0.3 is 0 Å². The van der Waals surface area contributed by atoms with Gasteiger partial charge in [0.25, 0.3) is 5.91 Å². The molecule has 0 N–H and O–H groups in total. The van der Waals surface area contributed by atoms with E-state index < -0.39 is 5.60 Å². The van der Waals surface area contributed by atoms with Crippen molar-refractivity contribution < 1.29 is 14.3 Å². The lowest BCUT2D eigenvalue weighted by molar-refractivity contribution is -0.166. The number of carbonyl (C=O) groups is 2. The molecule has 2 heterocycles. The van der Waals surface area contributed by atoms with E-state index in [0.29, 0.717) is 32.7 Å². The number of ether oxygens (including phenoxy) is 1. The van der Waals surface area contributed by atoms with E-state index in [1.807, 2.05) is 68.6 Å². The van der Waals surface area contributed by atoms with Crippen LogP contribution >= 0.6 is 0 Å². The maximum absolute atomic E-state index is 13.1. The Hall–Kier alpha value is -2.66. The Kier molecular flexibility index (Phi) is 4.94. The fourth-order valence-electron chi connectivity index (χ4n) is 4.33. The predicted molar refractivity (Wildman–Crippen MR) is 107 cm³/mol. The van der Waals surface area contributed by atoms with Gasteiger partial charge in [-0.15, -0.1) is 0 Å². The number of amides is 2. The molecule has 0 radical (unpaired) electrons. The summed E-state index contributed by atoms with van der Waals surface area (Å²) < 4.78 is 6.14. The Balaban J connectivity index is 1.57. The standard InChI is InChI=1S/C23H26N2O3/c1-17-8-10-18(11-9-17)14-21(26)25-12-13-28-23(16-25)20(15-24(2)22(23)27)19-6-4-3-5-7-19/h3-11,20H,12-16H2,1-2H3/t20-,23-/m1/s1. The lowest BCUT2D eigenvalue weighted by Gasteiger charge is -2.42. The molecule has 2 aromatic rings. The van der Waals surface area contributed by atoms with Gasteiger partial charge in [0.15, 0.2) is 5.60 Å². The Morgan fingerprint density at radius 1 is 1.14 bits per heavy atom. The van der Waals surface area contributed by atoms with Crippen molar-refractivity contribution in [3.8, 4) is 0 Å². The third-order valence-corrected chi connectivity index (χ3v) is 5.91. The minimum atomic E-state index is -0.989. The number of rotatable bonds is 3. The normalized spacial score (nSPS) is 24.8. The van der Waals surface area contributed by atoms with Gasteiger partial charge < -0.3 is 14.5 Å². The summed E-state index contributed by atoms with van der Waals surface area (Å²) >= 11 is 0. The molecule has 0 aromatic heterocycles. The lowest BCUT2D eigenvalue weighted by Crippen LogP contribution is -2.59. The summed E-state index contributed by atoms with van der Waals surface area (Å²) in [7, 11) is 1.81. The molecule has 2 atom stereocenters. The highest BCUT2D eigenvalue weighted by Crippen LogP contribution is 2.41. The van der Waals surface area contributed by atoms with Gasteiger partial charge in [0.2, 0.25) is 5.91 Å². The van der Waals surface area contributed by atoms with Crippen molar-refractivity contribution in [2.75, 3.05) is 33.3 Å². The molecule has 4 rings (SSSR count). The minimum Gasteiger partial charge on any atom is -0.361 e. The van der Waals surface area contributed by atoms with Crippen LogP contribution in [0.3, 0.4) is 0 Å². The van der Waals surface area contributed by atoms with Crippen LogP contribution in [0.1, 0.15) is 22.6 Å². The Labute approximate surface area is 165 Å². The molecule has 2 saturated heterocycles. The summed E-state index contributed by atoms with van der Waals surface area (Å²) in [5.74, 6) is -0.0731. The first-order valence-electron chi connectivity index (χ1n) is 9.77. The van der Waals surface area contributed by atoms with Crippen molar-refractivity contribution in [1.29, 1.82) is 0 Å². The van der Waals surface area contributed by atoms with Crippen LogP contribution < -0.4 is 0 Å². The quantitative estimate of drug-likeness (QED) is 0.824. The third-order valence-electron chi connectivity index (χ3n) is 5.91. The van der Waals surface area contributed by atoms with Crippen molar-refractivity contribution >= 4 is 11.8 Å². The van der Waals surface area contributed by atoms with E-state index in [1.54, 1.807) is 9.80 Å². The van der Waals surface area contributed by atoms with Crippen molar-refractivity contribution in [3.05, 3.63) is 71.3 Å². The molecule has 28 heavy (non-hydrogen) atoms. The first-order valence-corrected chi connectivity index (χ1v) is 9.77. The third kappa shape index (κ3) is 3.31. The molecule has 146 valence electrons. The van der Waals surface area contributed by atoms with E-state index in [4.69, 9.17) is 4.74 Å². The molecule has 2 amide bonds. The topological polar surface area (TPSA) is 49.9 Å². The fraction of sp³-hybridized carbons (Fsp3) is 0.391. The van der Waals surface area contributed by atoms with Gasteiger partial charge in [-0.2, -0.15) is 0 Å². The average Bonchev–Trinajstić information content (AvgIpc) is 2.95. The molecule has 0 unspecified atom stereocenters. The molecule has 0 saturated carbocycles. The van der Waals surface area contributed by atoms with Crippen LogP contribution in [-0.4, -0.2) is 60.5 Å². The van der Waals surface area contributed by atoms with Crippen LogP contribution in [0.5, 0.6) is 0 Å². The second-order valence-corrected chi connectivity index (χ2v) is 7.86. The van der Waals surface area contributed by atoms with Crippen LogP contribution in [0.2, 0.25) is 0 Å². The number of morpholine rings is 1. The smallest absolute Gasteiger partial charge is 0.257 e. The maximum Gasteiger partial charge on any atom is 0.257 e. The summed E-state index contributed by atoms with van der Waals surface area (Å²) in [6.07, 6.45) is 0.344. The van der Waals surface area contributed by atoms with E-state index in [2.05, 4.69) is 0 Å². The van der Waals surface area contributed by atoms with Gasteiger partial charge in [0, 0.05) is 26.1 Å². The highest BCUT2D eigenvalue weighted by atomic mass is 16.5. The molecule has 2 aliphatic rings. The number of nitrogens with zero attached hydrogens (tertiary/aromatic N) is 2. The lowest BCUT2D eigenvalue weighted by atomic mass is 9.83. The van der Waals surface area contributed by atoms with E-state index in [-0.39, 0.29) is 17.7 Å². The second-order valence-electron chi connectivity index (χ2n) is 7.86. The van der Waals surface area contributed by atoms with Gasteiger partial charge in [-0.05, 0) is 18.1 Å². The number of aryl methyl sites for hydroxylation is 1. The van der Waals surface area contributed by atoms with Crippen LogP contribution in [0, 0.1) is 6.92 Å². The number of benzene rings is 2. The largest absolute Gasteiger partial charge is 0.361 e. The zero-order valence-electron chi connectivity index (χ0n) is 16.4. The first-order chi connectivity index (χ1) is 13.5. The summed E-state index contributed by atoms with van der Waals surface area (Å²) in [6.45, 7) is 3.83. The molecule has 2 fully saturated rings. The van der Waals surface area contributed by atoms with E-state index in [9.17, 15) is 9.59 Å². The number of likely N-dealkylation sites (N-methyl/N-ethyl adjacent to an activating group) is 1. The van der Waals surface area contributed by atoms with Crippen LogP contribution in [0.25, 0.3) is 0 Å². The van der Waals surface area contributed by atoms with E-state index in [0.717, 1.165) is 11.1 Å². The summed E-state index contributed by atoms with van der Waals surface area (Å²) in [5, 5.41) is 0. The summed E-state index contributed by atoms with van der Waals surface area (Å²) in [6, 6.07) is 18.0. The number of hydrogen-bond donors (Lipinski definition) is 0. The highest BCUT2D eigenvalue weighted by Gasteiger charge is 2.57. The zero-order valence-corrected chi connectivity index (χ0v) is 16.4. The number of hydrogen-bond acceptors (Lipinski definition) is 3. The van der Waals surface area contributed by atoms with Gasteiger partial charge in [-0.3, -0.25) is 9.59 Å². The molecule has 5 nitrogen and oxygen atoms in total. The molecule has 0 bridgehead atoms. The molecule has 2 aromatic carbocycles. The van der Waals surface area contributed by atoms with Crippen LogP contribution in [0.4, 0.5) is 0 Å². The van der Waals surface area contributed by atoms with Crippen molar-refractivity contribution in [1.82, 2.24) is 9.80 Å². The summed E-state index contributed by atoms with van der Waals surface area (Å²) in [4.78, 5) is 29.6. The molecule has 5 heteroatoms. The SMILES string of the molecule is Cc1ccc(CC(=O)N2CCO[C@@]3(C2)C(=O)N(C)C[C@@H]3c2ccccc2)cc1. The average molecular weight is 378 g/mol. The van der Waals surface area contributed by atoms with Crippen LogP contribution in [-0.2, 0) is 20.7 Å². The van der Waals surface area contributed by atoms with Crippen molar-refractivity contribution in [3.63, 3.8) is 0 Å². The maximum atomic E-state index is 13.1.